The van der Waals surface area contributed by atoms with Gasteiger partial charge in [-0.2, -0.15) is 5.10 Å². The van der Waals surface area contributed by atoms with Crippen LogP contribution in [0.4, 0.5) is 0 Å². The maximum absolute atomic E-state index is 12.3. The molecule has 0 spiro atoms. The third kappa shape index (κ3) is 3.11. The SMILES string of the molecule is CCC(CC)CNS(=O)(=O)c1c(C)nn(C)c1C. The van der Waals surface area contributed by atoms with Crippen molar-refractivity contribution >= 4 is 10.0 Å². The zero-order chi connectivity index (χ0) is 13.9. The molecule has 0 radical (unpaired) electrons. The predicted octanol–water partition coefficient (Wildman–Crippen LogP) is 1.75. The minimum Gasteiger partial charge on any atom is -0.271 e. The highest BCUT2D eigenvalue weighted by atomic mass is 32.2. The largest absolute Gasteiger partial charge is 0.271 e. The first-order chi connectivity index (χ1) is 8.33. The Kier molecular flexibility index (Phi) is 4.92. The van der Waals surface area contributed by atoms with E-state index in [-0.39, 0.29) is 0 Å². The van der Waals surface area contributed by atoms with Crippen LogP contribution in [0, 0.1) is 19.8 Å². The van der Waals surface area contributed by atoms with Crippen molar-refractivity contribution in [1.29, 1.82) is 0 Å². The van der Waals surface area contributed by atoms with Crippen LogP contribution in [0.15, 0.2) is 4.90 Å². The van der Waals surface area contributed by atoms with Crippen molar-refractivity contribution in [1.82, 2.24) is 14.5 Å². The second kappa shape index (κ2) is 5.84. The van der Waals surface area contributed by atoms with Gasteiger partial charge in [0.1, 0.15) is 4.90 Å². The van der Waals surface area contributed by atoms with E-state index < -0.39 is 10.0 Å². The van der Waals surface area contributed by atoms with Crippen LogP contribution in [0.2, 0.25) is 0 Å². The van der Waals surface area contributed by atoms with Gasteiger partial charge in [0, 0.05) is 13.6 Å². The van der Waals surface area contributed by atoms with E-state index in [1.54, 1.807) is 25.6 Å². The molecule has 0 aliphatic rings. The number of hydrogen-bond donors (Lipinski definition) is 1. The number of rotatable bonds is 6. The molecular formula is C12H23N3O2S. The van der Waals surface area contributed by atoms with E-state index in [1.807, 2.05) is 0 Å². The molecule has 0 fully saturated rings. The van der Waals surface area contributed by atoms with Crippen molar-refractivity contribution in [3.05, 3.63) is 11.4 Å². The van der Waals surface area contributed by atoms with Crippen molar-refractivity contribution in [2.75, 3.05) is 6.54 Å². The van der Waals surface area contributed by atoms with Gasteiger partial charge in [-0.1, -0.05) is 26.7 Å². The average Bonchev–Trinajstić information content (AvgIpc) is 2.54. The first kappa shape index (κ1) is 15.2. The van der Waals surface area contributed by atoms with E-state index in [0.29, 0.717) is 28.7 Å². The lowest BCUT2D eigenvalue weighted by Gasteiger charge is -2.13. The maximum Gasteiger partial charge on any atom is 0.244 e. The molecule has 0 amide bonds. The molecule has 0 aliphatic carbocycles. The van der Waals surface area contributed by atoms with Gasteiger partial charge in [0.25, 0.3) is 0 Å². The lowest BCUT2D eigenvalue weighted by Crippen LogP contribution is -2.29. The molecule has 5 nitrogen and oxygen atoms in total. The predicted molar refractivity (Wildman–Crippen MR) is 71.9 cm³/mol. The molecule has 18 heavy (non-hydrogen) atoms. The lowest BCUT2D eigenvalue weighted by molar-refractivity contribution is 0.478. The number of sulfonamides is 1. The van der Waals surface area contributed by atoms with Crippen molar-refractivity contribution < 1.29 is 8.42 Å². The normalized spacial score (nSPS) is 12.3. The highest BCUT2D eigenvalue weighted by molar-refractivity contribution is 7.89. The zero-order valence-electron chi connectivity index (χ0n) is 11.8. The molecular weight excluding hydrogens is 250 g/mol. The van der Waals surface area contributed by atoms with Crippen LogP contribution in [0.3, 0.4) is 0 Å². The fraction of sp³-hybridized carbons (Fsp3) is 0.750. The summed E-state index contributed by atoms with van der Waals surface area (Å²) in [6.45, 7) is 8.12. The fourth-order valence-electron chi connectivity index (χ4n) is 2.02. The van der Waals surface area contributed by atoms with E-state index in [2.05, 4.69) is 23.7 Å². The topological polar surface area (TPSA) is 64.0 Å². The third-order valence-corrected chi connectivity index (χ3v) is 5.10. The van der Waals surface area contributed by atoms with E-state index in [0.717, 1.165) is 12.8 Å². The molecule has 6 heteroatoms. The summed E-state index contributed by atoms with van der Waals surface area (Å²) in [5.74, 6) is 0.386. The van der Waals surface area contributed by atoms with Gasteiger partial charge in [-0.15, -0.1) is 0 Å². The molecule has 0 saturated carbocycles. The van der Waals surface area contributed by atoms with E-state index >= 15 is 0 Å². The van der Waals surface area contributed by atoms with Crippen LogP contribution in [-0.2, 0) is 17.1 Å². The van der Waals surface area contributed by atoms with E-state index in [1.165, 1.54) is 0 Å². The van der Waals surface area contributed by atoms with Gasteiger partial charge in [-0.25, -0.2) is 13.1 Å². The molecule has 1 N–H and O–H groups in total. The van der Waals surface area contributed by atoms with Crippen LogP contribution in [-0.4, -0.2) is 24.7 Å². The number of hydrogen-bond acceptors (Lipinski definition) is 3. The van der Waals surface area contributed by atoms with Gasteiger partial charge in [-0.3, -0.25) is 4.68 Å². The van der Waals surface area contributed by atoms with Crippen molar-refractivity contribution in [2.24, 2.45) is 13.0 Å². The summed E-state index contributed by atoms with van der Waals surface area (Å²) < 4.78 is 28.8. The second-order valence-corrected chi connectivity index (χ2v) is 6.36. The van der Waals surface area contributed by atoms with Gasteiger partial charge in [-0.05, 0) is 19.8 Å². The monoisotopic (exact) mass is 273 g/mol. The highest BCUT2D eigenvalue weighted by Gasteiger charge is 2.23. The van der Waals surface area contributed by atoms with Gasteiger partial charge < -0.3 is 0 Å². The first-order valence-corrected chi connectivity index (χ1v) is 7.81. The Balaban J connectivity index is 2.93. The Labute approximate surface area is 110 Å². The van der Waals surface area contributed by atoms with Gasteiger partial charge >= 0.3 is 0 Å². The van der Waals surface area contributed by atoms with Crippen molar-refractivity contribution in [3.8, 4) is 0 Å². The second-order valence-electron chi connectivity index (χ2n) is 4.66. The summed E-state index contributed by atoms with van der Waals surface area (Å²) in [5.41, 5.74) is 1.22. The number of aromatic nitrogens is 2. The molecule has 1 aromatic heterocycles. The molecule has 0 bridgehead atoms. The lowest BCUT2D eigenvalue weighted by atomic mass is 10.0. The molecule has 1 heterocycles. The molecule has 1 aromatic rings. The minimum absolute atomic E-state index is 0.316. The summed E-state index contributed by atoms with van der Waals surface area (Å²) in [6.07, 6.45) is 1.95. The maximum atomic E-state index is 12.3. The Morgan fingerprint density at radius 3 is 2.22 bits per heavy atom. The minimum atomic E-state index is -3.45. The Morgan fingerprint density at radius 2 is 1.83 bits per heavy atom. The summed E-state index contributed by atoms with van der Waals surface area (Å²) in [4.78, 5) is 0.316. The summed E-state index contributed by atoms with van der Waals surface area (Å²) in [5, 5.41) is 4.14. The van der Waals surface area contributed by atoms with E-state index in [9.17, 15) is 8.42 Å². The Hall–Kier alpha value is -0.880. The van der Waals surface area contributed by atoms with Crippen molar-refractivity contribution in [3.63, 3.8) is 0 Å². The third-order valence-electron chi connectivity index (χ3n) is 3.43. The molecule has 0 aromatic carbocycles. The smallest absolute Gasteiger partial charge is 0.244 e. The quantitative estimate of drug-likeness (QED) is 0.859. The Bertz CT molecular complexity index is 502. The number of nitrogens with zero attached hydrogens (tertiary/aromatic N) is 2. The summed E-state index contributed by atoms with van der Waals surface area (Å²) in [7, 11) is -1.70. The molecule has 0 unspecified atom stereocenters. The average molecular weight is 273 g/mol. The zero-order valence-corrected chi connectivity index (χ0v) is 12.6. The van der Waals surface area contributed by atoms with Gasteiger partial charge in [0.2, 0.25) is 10.0 Å². The standard InChI is InChI=1S/C12H23N3O2S/c1-6-11(7-2)8-13-18(16,17)12-9(3)14-15(5)10(12)4/h11,13H,6-8H2,1-5H3. The van der Waals surface area contributed by atoms with Crippen LogP contribution in [0.1, 0.15) is 38.1 Å². The summed E-state index contributed by atoms with van der Waals surface area (Å²) in [6, 6.07) is 0. The van der Waals surface area contributed by atoms with E-state index in [4.69, 9.17) is 0 Å². The fourth-order valence-corrected chi connectivity index (χ4v) is 3.57. The molecule has 0 atom stereocenters. The first-order valence-electron chi connectivity index (χ1n) is 6.33. The molecule has 104 valence electrons. The number of nitrogens with one attached hydrogen (secondary N) is 1. The van der Waals surface area contributed by atoms with Crippen LogP contribution in [0.25, 0.3) is 0 Å². The van der Waals surface area contributed by atoms with Crippen molar-refractivity contribution in [2.45, 2.75) is 45.4 Å². The van der Waals surface area contributed by atoms with Crippen LogP contribution < -0.4 is 4.72 Å². The molecule has 1 rings (SSSR count). The Morgan fingerprint density at radius 1 is 1.28 bits per heavy atom. The number of aryl methyl sites for hydroxylation is 2. The van der Waals surface area contributed by atoms with Gasteiger partial charge in [0.15, 0.2) is 0 Å². The highest BCUT2D eigenvalue weighted by Crippen LogP contribution is 2.18. The molecule has 0 aliphatic heterocycles. The summed E-state index contributed by atoms with van der Waals surface area (Å²) >= 11 is 0. The molecule has 0 saturated heterocycles. The van der Waals surface area contributed by atoms with Crippen LogP contribution in [0.5, 0.6) is 0 Å². The van der Waals surface area contributed by atoms with Crippen LogP contribution >= 0.6 is 0 Å². The van der Waals surface area contributed by atoms with Gasteiger partial charge in [0.05, 0.1) is 11.4 Å².